The summed E-state index contributed by atoms with van der Waals surface area (Å²) < 4.78 is 0. The maximum Gasteiger partial charge on any atom is 0.303 e. The topological polar surface area (TPSA) is 57.5 Å². The van der Waals surface area contributed by atoms with Crippen LogP contribution in [0.5, 0.6) is 0 Å². The highest BCUT2D eigenvalue weighted by Crippen LogP contribution is 2.04. The smallest absolute Gasteiger partial charge is 0.303 e. The summed E-state index contributed by atoms with van der Waals surface area (Å²) in [6.45, 7) is 4.68. The van der Waals surface area contributed by atoms with Crippen LogP contribution in [0, 0.1) is 0 Å². The molecule has 0 rings (SSSR count). The van der Waals surface area contributed by atoms with E-state index in [9.17, 15) is 4.79 Å². The SMILES string of the molecule is CCCCCCCC(=O)O.CCCCCCO. The van der Waals surface area contributed by atoms with Crippen LogP contribution in [0.4, 0.5) is 0 Å². The molecule has 0 fully saturated rings. The molecule has 0 radical (unpaired) electrons. The highest BCUT2D eigenvalue weighted by atomic mass is 16.4. The van der Waals surface area contributed by atoms with Crippen LogP contribution in [0.25, 0.3) is 0 Å². The lowest BCUT2D eigenvalue weighted by Crippen LogP contribution is -1.93. The van der Waals surface area contributed by atoms with E-state index >= 15 is 0 Å². The Balaban J connectivity index is 0. The zero-order valence-electron chi connectivity index (χ0n) is 11.6. The van der Waals surface area contributed by atoms with Gasteiger partial charge in [-0.3, -0.25) is 4.79 Å². The van der Waals surface area contributed by atoms with E-state index in [1.165, 1.54) is 38.5 Å². The van der Waals surface area contributed by atoms with Crippen molar-refractivity contribution < 1.29 is 15.0 Å². The van der Waals surface area contributed by atoms with E-state index in [2.05, 4.69) is 13.8 Å². The van der Waals surface area contributed by atoms with Gasteiger partial charge >= 0.3 is 5.97 Å². The van der Waals surface area contributed by atoms with Gasteiger partial charge in [0, 0.05) is 13.0 Å². The van der Waals surface area contributed by atoms with Crippen LogP contribution in [0.2, 0.25) is 0 Å². The molecule has 0 aromatic rings. The first-order valence-electron chi connectivity index (χ1n) is 7.01. The largest absolute Gasteiger partial charge is 0.481 e. The zero-order valence-corrected chi connectivity index (χ0v) is 11.6. The van der Waals surface area contributed by atoms with Gasteiger partial charge < -0.3 is 10.2 Å². The van der Waals surface area contributed by atoms with Crippen molar-refractivity contribution in [2.75, 3.05) is 6.61 Å². The lowest BCUT2D eigenvalue weighted by Gasteiger charge is -1.95. The third-order valence-corrected chi connectivity index (χ3v) is 2.51. The van der Waals surface area contributed by atoms with Crippen molar-refractivity contribution in [3.63, 3.8) is 0 Å². The van der Waals surface area contributed by atoms with Crippen molar-refractivity contribution in [1.82, 2.24) is 0 Å². The second-order valence-corrected chi connectivity index (χ2v) is 4.34. The van der Waals surface area contributed by atoms with Gasteiger partial charge in [-0.1, -0.05) is 58.8 Å². The van der Waals surface area contributed by atoms with Gasteiger partial charge in [-0.15, -0.1) is 0 Å². The van der Waals surface area contributed by atoms with Gasteiger partial charge in [0.2, 0.25) is 0 Å². The molecule has 0 aliphatic rings. The molecule has 3 heteroatoms. The first-order chi connectivity index (χ1) is 8.18. The number of rotatable bonds is 10. The Morgan fingerprint density at radius 1 is 0.824 bits per heavy atom. The fourth-order valence-corrected chi connectivity index (χ4v) is 1.42. The van der Waals surface area contributed by atoms with Crippen LogP contribution >= 0.6 is 0 Å². The fourth-order valence-electron chi connectivity index (χ4n) is 1.42. The number of aliphatic hydroxyl groups excluding tert-OH is 1. The second-order valence-electron chi connectivity index (χ2n) is 4.34. The predicted octanol–water partition coefficient (Wildman–Crippen LogP) is 3.99. The van der Waals surface area contributed by atoms with Crippen molar-refractivity contribution in [2.45, 2.75) is 78.1 Å². The Kier molecular flexibility index (Phi) is 19.7. The monoisotopic (exact) mass is 246 g/mol. The van der Waals surface area contributed by atoms with Crippen LogP contribution in [0.1, 0.15) is 78.1 Å². The summed E-state index contributed by atoms with van der Waals surface area (Å²) in [5, 5.41) is 16.6. The van der Waals surface area contributed by atoms with E-state index in [1.54, 1.807) is 0 Å². The molecule has 0 spiro atoms. The number of carboxylic acids is 1. The first kappa shape index (κ1) is 18.8. The van der Waals surface area contributed by atoms with Gasteiger partial charge in [0.05, 0.1) is 0 Å². The lowest BCUT2D eigenvalue weighted by molar-refractivity contribution is -0.137. The van der Waals surface area contributed by atoms with Gasteiger partial charge in [0.1, 0.15) is 0 Å². The summed E-state index contributed by atoms with van der Waals surface area (Å²) in [6.07, 6.45) is 10.6. The summed E-state index contributed by atoms with van der Waals surface area (Å²) in [5.74, 6) is -0.670. The summed E-state index contributed by atoms with van der Waals surface area (Å²) >= 11 is 0. The molecule has 2 N–H and O–H groups in total. The number of carbonyl (C=O) groups is 1. The molecule has 17 heavy (non-hydrogen) atoms. The summed E-state index contributed by atoms with van der Waals surface area (Å²) in [7, 11) is 0. The first-order valence-corrected chi connectivity index (χ1v) is 7.01. The summed E-state index contributed by atoms with van der Waals surface area (Å²) in [6, 6.07) is 0. The second kappa shape index (κ2) is 17.8. The van der Waals surface area contributed by atoms with Gasteiger partial charge in [-0.25, -0.2) is 0 Å². The molecular formula is C14H30O3. The predicted molar refractivity (Wildman–Crippen MR) is 72.2 cm³/mol. The molecule has 0 amide bonds. The van der Waals surface area contributed by atoms with Crippen molar-refractivity contribution in [1.29, 1.82) is 0 Å². The zero-order chi connectivity index (χ0) is 13.4. The quantitative estimate of drug-likeness (QED) is 0.573. The van der Waals surface area contributed by atoms with Gasteiger partial charge in [0.25, 0.3) is 0 Å². The van der Waals surface area contributed by atoms with Gasteiger partial charge in [-0.2, -0.15) is 0 Å². The Morgan fingerprint density at radius 3 is 1.71 bits per heavy atom. The number of aliphatic hydroxyl groups is 1. The Morgan fingerprint density at radius 2 is 1.29 bits per heavy atom. The molecule has 0 saturated heterocycles. The average Bonchev–Trinajstić information content (AvgIpc) is 2.30. The van der Waals surface area contributed by atoms with E-state index in [1.807, 2.05) is 0 Å². The van der Waals surface area contributed by atoms with E-state index in [0.29, 0.717) is 13.0 Å². The maximum atomic E-state index is 10.0. The van der Waals surface area contributed by atoms with E-state index in [0.717, 1.165) is 19.3 Å². The highest BCUT2D eigenvalue weighted by Gasteiger charge is 1.94. The number of carboxylic acid groups (broad SMARTS) is 1. The van der Waals surface area contributed by atoms with E-state index < -0.39 is 5.97 Å². The number of hydrogen-bond donors (Lipinski definition) is 2. The molecule has 104 valence electrons. The molecule has 0 aliphatic heterocycles. The minimum atomic E-state index is -0.670. The molecule has 0 unspecified atom stereocenters. The Bertz CT molecular complexity index is 142. The third-order valence-electron chi connectivity index (χ3n) is 2.51. The molecule has 0 atom stereocenters. The standard InChI is InChI=1S/C8H16O2.C6H14O/c1-2-3-4-5-6-7-8(9)10;1-2-3-4-5-6-7/h2-7H2,1H3,(H,9,10);7H,2-6H2,1H3. The minimum absolute atomic E-state index is 0.337. The lowest BCUT2D eigenvalue weighted by atomic mass is 10.1. The molecule has 0 aliphatic carbocycles. The molecule has 0 bridgehead atoms. The molecule has 0 heterocycles. The minimum Gasteiger partial charge on any atom is -0.481 e. The third kappa shape index (κ3) is 25.6. The summed E-state index contributed by atoms with van der Waals surface area (Å²) in [5.41, 5.74) is 0. The molecule has 0 aromatic carbocycles. The van der Waals surface area contributed by atoms with Crippen LogP contribution in [0.15, 0.2) is 0 Å². The summed E-state index contributed by atoms with van der Waals surface area (Å²) in [4.78, 5) is 10.0. The van der Waals surface area contributed by atoms with Crippen molar-refractivity contribution in [2.24, 2.45) is 0 Å². The van der Waals surface area contributed by atoms with Gasteiger partial charge in [-0.05, 0) is 12.8 Å². The molecule has 0 saturated carbocycles. The van der Waals surface area contributed by atoms with Crippen LogP contribution in [0.3, 0.4) is 0 Å². The number of unbranched alkanes of at least 4 members (excludes halogenated alkanes) is 7. The van der Waals surface area contributed by atoms with Crippen LogP contribution in [-0.2, 0) is 4.79 Å². The fraction of sp³-hybridized carbons (Fsp3) is 0.929. The number of aliphatic carboxylic acids is 1. The molecular weight excluding hydrogens is 216 g/mol. The number of hydrogen-bond acceptors (Lipinski definition) is 2. The Hall–Kier alpha value is -0.570. The van der Waals surface area contributed by atoms with Crippen molar-refractivity contribution >= 4 is 5.97 Å². The van der Waals surface area contributed by atoms with Crippen molar-refractivity contribution in [3.05, 3.63) is 0 Å². The molecule has 0 aromatic heterocycles. The van der Waals surface area contributed by atoms with Crippen LogP contribution in [-0.4, -0.2) is 22.8 Å². The highest BCUT2D eigenvalue weighted by molar-refractivity contribution is 5.66. The Labute approximate surface area is 106 Å². The normalized spacial score (nSPS) is 9.59. The average molecular weight is 246 g/mol. The maximum absolute atomic E-state index is 10.0. The van der Waals surface area contributed by atoms with E-state index in [-0.39, 0.29) is 0 Å². The van der Waals surface area contributed by atoms with E-state index in [4.69, 9.17) is 10.2 Å². The van der Waals surface area contributed by atoms with Crippen LogP contribution < -0.4 is 0 Å². The molecule has 3 nitrogen and oxygen atoms in total. The van der Waals surface area contributed by atoms with Gasteiger partial charge in [0.15, 0.2) is 0 Å². The van der Waals surface area contributed by atoms with Crippen molar-refractivity contribution in [3.8, 4) is 0 Å².